The normalized spacial score (nSPS) is 14.8. The van der Waals surface area contributed by atoms with Crippen LogP contribution < -0.4 is 80.5 Å². The number of phenols is 3. The largest absolute Gasteiger partial charge is 0.506 e. The molecule has 107 heavy (non-hydrogen) atoms. The second-order valence-electron chi connectivity index (χ2n) is 24.0. The van der Waals surface area contributed by atoms with E-state index in [9.17, 15) is 93.3 Å². The topological polar surface area (TPSA) is 575 Å². The zero-order valence-corrected chi connectivity index (χ0v) is 61.2. The molecule has 6 amide bonds. The highest BCUT2D eigenvalue weighted by Crippen LogP contribution is 2.39. The number of aromatic nitrogens is 3. The van der Waals surface area contributed by atoms with Crippen molar-refractivity contribution in [2.45, 2.75) is 57.3 Å². The molecule has 43 heteroatoms. The highest BCUT2D eigenvalue weighted by molar-refractivity contribution is 9.10. The van der Waals surface area contributed by atoms with Gasteiger partial charge in [-0.05, 0) is 70.5 Å². The summed E-state index contributed by atoms with van der Waals surface area (Å²) in [6, 6.07) is 9.35. The molecule has 0 fully saturated rings. The number of nitrogens with zero attached hydrogens (tertiary/aromatic N) is 3. The molecular weight excluding hydrogens is 1580 g/mol. The van der Waals surface area contributed by atoms with Crippen LogP contribution in [0.5, 0.6) is 17.2 Å². The van der Waals surface area contributed by atoms with E-state index in [1.165, 1.54) is 67.0 Å². The predicted octanol–water partition coefficient (Wildman–Crippen LogP) is 2.96. The fourth-order valence-corrected chi connectivity index (χ4v) is 11.6. The van der Waals surface area contributed by atoms with E-state index >= 15 is 0 Å². The van der Waals surface area contributed by atoms with Gasteiger partial charge in [0.15, 0.2) is 17.9 Å². The number of amides is 6. The van der Waals surface area contributed by atoms with Crippen LogP contribution in [-0.4, -0.2) is 187 Å². The summed E-state index contributed by atoms with van der Waals surface area (Å²) in [5.74, 6) is -7.90. The number of pyridine rings is 3. The zero-order valence-electron chi connectivity index (χ0n) is 55.9. The molecule has 0 saturated carbocycles. The molecule has 6 heterocycles. The summed E-state index contributed by atoms with van der Waals surface area (Å²) < 4.78 is 0.215. The lowest BCUT2D eigenvalue weighted by molar-refractivity contribution is -0.139. The van der Waals surface area contributed by atoms with Crippen LogP contribution in [0, 0.1) is 5.41 Å². The Morgan fingerprint density at radius 1 is 0.542 bits per heavy atom. The lowest BCUT2D eigenvalue weighted by Crippen LogP contribution is -2.44. The number of halogens is 6. The molecule has 0 saturated heterocycles. The molecule has 22 N–H and O–H groups in total. The number of carbonyl (C=O) groups is 9. The van der Waals surface area contributed by atoms with Crippen LogP contribution in [-0.2, 0) is 28.8 Å². The van der Waals surface area contributed by atoms with Gasteiger partial charge in [-0.1, -0.05) is 71.9 Å². The maximum atomic E-state index is 12.6. The first-order chi connectivity index (χ1) is 50.5. The molecule has 0 radical (unpaired) electrons. The van der Waals surface area contributed by atoms with Crippen LogP contribution in [0.2, 0.25) is 25.1 Å². The van der Waals surface area contributed by atoms with Crippen molar-refractivity contribution >= 4 is 162 Å². The van der Waals surface area contributed by atoms with Crippen LogP contribution in [0.4, 0.5) is 17.2 Å². The molecule has 1 unspecified atom stereocenters. The smallest absolute Gasteiger partial charge is 0.305 e. The Kier molecular flexibility index (Phi) is 29.7. The number of carboxylic acid groups (broad SMARTS) is 3. The maximum absolute atomic E-state index is 12.6. The molecule has 0 aliphatic carbocycles. The third kappa shape index (κ3) is 25.6. The number of nitrogens with one attached hydrogen (secondary N) is 15. The summed E-state index contributed by atoms with van der Waals surface area (Å²) in [5.41, 5.74) is -1.21. The lowest BCUT2D eigenvalue weighted by atomic mass is 9.93. The lowest BCUT2D eigenvalue weighted by Gasteiger charge is -2.29. The number of anilines is 3. The van der Waals surface area contributed by atoms with E-state index in [1.54, 1.807) is 0 Å². The van der Waals surface area contributed by atoms with Crippen molar-refractivity contribution < 1.29 is 78.9 Å². The first-order valence-electron chi connectivity index (χ1n) is 31.5. The Balaban J connectivity index is 0.000000224. The van der Waals surface area contributed by atoms with Gasteiger partial charge in [0.05, 0.1) is 102 Å². The standard InChI is InChI=1S/C23H26Cl2N6O6.C21H22BrClN6O7.C20H20Cl2N6O6/c1-23(2)9-28-22(29-10-23)31-16-3-11(7-26-21(16)37)20(36)27-8-17(32)30-15(6-18(33)34)13-4-12(24)5-14(25)19(13)35;22-13-4-10(23)3-12(19(13)35)14(5-18(33)34)27-17(32)8-24-20(36)9-1-15(28-16(31)2-9)29-21-25-6-11(30)7-26-21;21-10-4-11(17(32)12(22)5-10)13(6-16(30)31)27-15(29)8-26-18(33)9-3-14(19(34)25-7-9)28-20-23-1-2-24-20/h3-5,7,15,35H,6,8-10H2,1-2H3,(H,26,37)(H,27,36)(H,30,32)(H,33,34)(H2,28,29,31);1-4,11,14,30,35H,5-8H2,(H,24,36)(H,27,32)(H,33,34)(H3,25,26,28,29,31);3-5,7,13,32H,1-2,6,8H2,(H,25,34)(H,26,33)(H,27,29)(H,30,31)(H2,23,24,28)/t15-;14-;13-/m001/s1. The molecule has 37 nitrogen and oxygen atoms in total. The number of aromatic amines is 3. The molecular formula is C64H68BrCl5N18O19. The first-order valence-corrected chi connectivity index (χ1v) is 34.1. The molecule has 0 spiro atoms. The number of aliphatic carboxylic acids is 3. The van der Waals surface area contributed by atoms with Gasteiger partial charge in [0, 0.05) is 87.4 Å². The fraction of sp³-hybridized carbons (Fsp3) is 0.297. The number of aromatic hydroxyl groups is 3. The summed E-state index contributed by atoms with van der Waals surface area (Å²) in [6.45, 7) is 5.32. The number of aliphatic hydroxyl groups is 1. The molecule has 6 aromatic rings. The van der Waals surface area contributed by atoms with E-state index in [0.29, 0.717) is 44.1 Å². The van der Waals surface area contributed by atoms with E-state index in [4.69, 9.17) is 58.0 Å². The van der Waals surface area contributed by atoms with Gasteiger partial charge in [0.2, 0.25) is 23.3 Å². The summed E-state index contributed by atoms with van der Waals surface area (Å²) in [7, 11) is 0. The van der Waals surface area contributed by atoms with E-state index in [2.05, 4.69) is 110 Å². The summed E-state index contributed by atoms with van der Waals surface area (Å²) in [4.78, 5) is 165. The molecule has 0 bridgehead atoms. The third-order valence-electron chi connectivity index (χ3n) is 14.9. The minimum atomic E-state index is -1.25. The maximum Gasteiger partial charge on any atom is 0.305 e. The second kappa shape index (κ2) is 38.2. The Bertz CT molecular complexity index is 4710. The van der Waals surface area contributed by atoms with E-state index in [-0.39, 0.29) is 104 Å². The highest BCUT2D eigenvalue weighted by atomic mass is 79.9. The first kappa shape index (κ1) is 83.1. The number of phenolic OH excluding ortho intramolecular Hbond substituents is 3. The monoisotopic (exact) mass is 1650 g/mol. The number of aliphatic imine (C=N–C) groups is 3. The van der Waals surface area contributed by atoms with Crippen LogP contribution in [0.3, 0.4) is 0 Å². The van der Waals surface area contributed by atoms with Crippen LogP contribution in [0.15, 0.2) is 107 Å². The predicted molar refractivity (Wildman–Crippen MR) is 396 cm³/mol. The highest BCUT2D eigenvalue weighted by Gasteiger charge is 2.29. The molecule has 3 aromatic heterocycles. The van der Waals surface area contributed by atoms with Crippen molar-refractivity contribution in [2.75, 3.05) is 74.9 Å². The fourth-order valence-electron chi connectivity index (χ4n) is 9.77. The average Bonchev–Trinajstić information content (AvgIpc) is 1.23. The Morgan fingerprint density at radius 3 is 1.38 bits per heavy atom. The zero-order chi connectivity index (χ0) is 78.6. The number of benzene rings is 3. The van der Waals surface area contributed by atoms with Crippen LogP contribution >= 0.6 is 73.9 Å². The summed E-state index contributed by atoms with van der Waals surface area (Å²) in [6.07, 6.45) is 0.0451. The molecule has 3 aliphatic rings. The number of carboxylic acids is 3. The van der Waals surface area contributed by atoms with E-state index in [0.717, 1.165) is 6.07 Å². The third-order valence-corrected chi connectivity index (χ3v) is 16.7. The van der Waals surface area contributed by atoms with Gasteiger partial charge in [0.1, 0.15) is 34.4 Å². The van der Waals surface area contributed by atoms with E-state index in [1.807, 2.05) is 13.8 Å². The minimum Gasteiger partial charge on any atom is -0.506 e. The SMILES string of the molecule is CC1(C)CN=C(Nc2cc(C(=O)NCC(=O)N[C@@H](CC(=O)O)c3cc(Cl)cc(Cl)c3O)c[nH]c2=O)NC1.O=C(O)C[C@@H](NC(=O)CNC(=O)c1c[nH]c(=O)c(NC2=NCCN2)c1)c1cc(Cl)cc(Cl)c1O.O=C(O)C[C@H](NC(=O)CNC(=O)c1cc(NC2=NCC(O)CN2)[nH]c(=O)c1)c1cc(Cl)cc(Br)c1O. The van der Waals surface area contributed by atoms with Gasteiger partial charge in [-0.25, -0.2) is 0 Å². The number of hydrogen-bond donors (Lipinski definition) is 22. The number of guanidine groups is 3. The summed E-state index contributed by atoms with van der Waals surface area (Å²) >= 11 is 32.8. The summed E-state index contributed by atoms with van der Waals surface area (Å²) in [5, 5.41) is 99.8. The number of β-amino-alcohol motifs (C(OH)–C–C–N with tert-alkyl or cyclic N) is 1. The van der Waals surface area contributed by atoms with E-state index < -0.39 is 145 Å². The average molecular weight is 1650 g/mol. The van der Waals surface area contributed by atoms with Crippen molar-refractivity contribution in [2.24, 2.45) is 20.4 Å². The van der Waals surface area contributed by atoms with Crippen LogP contribution in [0.1, 0.15) is 99.0 Å². The number of hydrogen-bond acceptors (Lipinski definition) is 25. The van der Waals surface area contributed by atoms with Gasteiger partial charge >= 0.3 is 17.9 Å². The van der Waals surface area contributed by atoms with Crippen molar-refractivity contribution in [1.82, 2.24) is 62.8 Å². The van der Waals surface area contributed by atoms with Gasteiger partial charge in [0.25, 0.3) is 28.8 Å². The molecule has 3 aliphatic heterocycles. The molecule has 4 atom stereocenters. The number of aliphatic hydroxyl groups excluding tert-OH is 1. The van der Waals surface area contributed by atoms with Gasteiger partial charge in [-0.2, -0.15) is 0 Å². The van der Waals surface area contributed by atoms with Gasteiger partial charge in [-0.3, -0.25) is 72.5 Å². The number of rotatable bonds is 24. The van der Waals surface area contributed by atoms with Gasteiger partial charge < -0.3 is 114 Å². The minimum absolute atomic E-state index is 0.0125. The Morgan fingerprint density at radius 2 is 0.972 bits per heavy atom. The Hall–Kier alpha value is -11.2. The Labute approximate surface area is 637 Å². The van der Waals surface area contributed by atoms with Crippen molar-refractivity contribution in [1.29, 1.82) is 0 Å². The van der Waals surface area contributed by atoms with Crippen molar-refractivity contribution in [3.8, 4) is 17.2 Å². The quantitative estimate of drug-likeness (QED) is 0.0414. The van der Waals surface area contributed by atoms with Gasteiger partial charge in [-0.15, -0.1) is 0 Å². The molecule has 570 valence electrons. The van der Waals surface area contributed by atoms with Crippen LogP contribution in [0.25, 0.3) is 0 Å². The number of H-pyrrole nitrogens is 3. The van der Waals surface area contributed by atoms with Crippen molar-refractivity contribution in [3.63, 3.8) is 0 Å². The molecule has 9 rings (SSSR count). The molecule has 3 aromatic carbocycles. The van der Waals surface area contributed by atoms with Crippen molar-refractivity contribution in [3.05, 3.63) is 167 Å². The number of carbonyl (C=O) groups excluding carboxylic acids is 6. The second-order valence-corrected chi connectivity index (χ2v) is 27.0.